The standard InChI is InChI=1S/C26H26FN5O5/c1-2-21-25(33)31(15-17-4-3-5-18(14-17)32(34)35)23-22(37-21)11-10-20(27)24(23)36-19-8-6-16(7-9-19)12-13-30-26(28)29/h3-11,14,21H,2,12-13,15H2,1H3,(H4,28,29,30). The summed E-state index contributed by atoms with van der Waals surface area (Å²) in [7, 11) is 0. The van der Waals surface area contributed by atoms with Gasteiger partial charge in [0.25, 0.3) is 11.6 Å². The highest BCUT2D eigenvalue weighted by atomic mass is 19.1. The number of nitro benzene ring substituents is 1. The average molecular weight is 508 g/mol. The second-order valence-electron chi connectivity index (χ2n) is 8.39. The van der Waals surface area contributed by atoms with Crippen molar-refractivity contribution in [3.05, 3.63) is 87.7 Å². The zero-order chi connectivity index (χ0) is 26.5. The lowest BCUT2D eigenvalue weighted by Crippen LogP contribution is -2.45. The second-order valence-corrected chi connectivity index (χ2v) is 8.39. The first kappa shape index (κ1) is 25.4. The van der Waals surface area contributed by atoms with Crippen LogP contribution in [0, 0.1) is 15.9 Å². The minimum Gasteiger partial charge on any atom is -0.478 e. The monoisotopic (exact) mass is 507 g/mol. The summed E-state index contributed by atoms with van der Waals surface area (Å²) in [6, 6.07) is 15.6. The molecule has 1 heterocycles. The van der Waals surface area contributed by atoms with E-state index in [0.29, 0.717) is 30.7 Å². The molecule has 1 aliphatic rings. The van der Waals surface area contributed by atoms with E-state index in [-0.39, 0.29) is 35.4 Å². The number of nitrogens with two attached hydrogens (primary N) is 2. The van der Waals surface area contributed by atoms with Crippen molar-refractivity contribution in [2.75, 3.05) is 11.4 Å². The lowest BCUT2D eigenvalue weighted by atomic mass is 10.1. The van der Waals surface area contributed by atoms with Crippen LogP contribution in [0.2, 0.25) is 0 Å². The number of nitro groups is 1. The molecule has 0 radical (unpaired) electrons. The molecule has 1 amide bonds. The van der Waals surface area contributed by atoms with Crippen LogP contribution in [0.25, 0.3) is 0 Å². The van der Waals surface area contributed by atoms with Gasteiger partial charge in [-0.15, -0.1) is 0 Å². The molecule has 1 unspecified atom stereocenters. The maximum absolute atomic E-state index is 15.1. The third-order valence-electron chi connectivity index (χ3n) is 5.80. The smallest absolute Gasteiger partial charge is 0.269 e. The molecule has 0 aliphatic carbocycles. The fourth-order valence-corrected chi connectivity index (χ4v) is 3.99. The molecule has 0 spiro atoms. The van der Waals surface area contributed by atoms with Crippen LogP contribution in [0.3, 0.4) is 0 Å². The highest BCUT2D eigenvalue weighted by molar-refractivity contribution is 6.01. The minimum absolute atomic E-state index is 0.0148. The number of halogens is 1. The van der Waals surface area contributed by atoms with Gasteiger partial charge >= 0.3 is 0 Å². The van der Waals surface area contributed by atoms with Crippen LogP contribution in [0.5, 0.6) is 17.2 Å². The minimum atomic E-state index is -0.783. The number of anilines is 1. The van der Waals surface area contributed by atoms with Crippen molar-refractivity contribution < 1.29 is 23.6 Å². The number of benzene rings is 3. The summed E-state index contributed by atoms with van der Waals surface area (Å²) in [5.74, 6) is -0.626. The number of amides is 1. The molecule has 1 atom stereocenters. The Morgan fingerprint density at radius 1 is 1.16 bits per heavy atom. The molecule has 37 heavy (non-hydrogen) atoms. The Bertz CT molecular complexity index is 1340. The molecule has 192 valence electrons. The summed E-state index contributed by atoms with van der Waals surface area (Å²) < 4.78 is 26.9. The van der Waals surface area contributed by atoms with E-state index in [0.717, 1.165) is 5.56 Å². The molecular formula is C26H26FN5O5. The molecule has 0 aromatic heterocycles. The Kier molecular flexibility index (Phi) is 7.52. The first-order chi connectivity index (χ1) is 17.8. The maximum atomic E-state index is 15.1. The number of non-ortho nitro benzene ring substituents is 1. The van der Waals surface area contributed by atoms with Gasteiger partial charge in [-0.1, -0.05) is 31.2 Å². The number of nitrogens with zero attached hydrogens (tertiary/aromatic N) is 3. The fraction of sp³-hybridized carbons (Fsp3) is 0.231. The van der Waals surface area contributed by atoms with Gasteiger partial charge in [0.2, 0.25) is 0 Å². The molecule has 3 aromatic carbocycles. The Labute approximate surface area is 212 Å². The van der Waals surface area contributed by atoms with Gasteiger partial charge in [0.15, 0.2) is 23.6 Å². The third kappa shape index (κ3) is 5.77. The molecule has 3 aromatic rings. The van der Waals surface area contributed by atoms with Crippen LogP contribution in [0.15, 0.2) is 65.7 Å². The molecule has 11 heteroatoms. The van der Waals surface area contributed by atoms with Gasteiger partial charge in [-0.05, 0) is 48.2 Å². The van der Waals surface area contributed by atoms with Crippen LogP contribution in [-0.4, -0.2) is 29.4 Å². The first-order valence-corrected chi connectivity index (χ1v) is 11.6. The molecule has 0 fully saturated rings. The van der Waals surface area contributed by atoms with Gasteiger partial charge in [-0.2, -0.15) is 0 Å². The van der Waals surface area contributed by atoms with E-state index in [1.165, 1.54) is 35.2 Å². The lowest BCUT2D eigenvalue weighted by molar-refractivity contribution is -0.384. The maximum Gasteiger partial charge on any atom is 0.269 e. The molecule has 4 rings (SSSR count). The van der Waals surface area contributed by atoms with Crippen molar-refractivity contribution >= 4 is 23.2 Å². The van der Waals surface area contributed by atoms with E-state index in [4.69, 9.17) is 20.9 Å². The Morgan fingerprint density at radius 2 is 1.92 bits per heavy atom. The number of guanidine groups is 1. The molecule has 1 aliphatic heterocycles. The summed E-state index contributed by atoms with van der Waals surface area (Å²) in [6.45, 7) is 2.19. The van der Waals surface area contributed by atoms with E-state index < -0.39 is 22.8 Å². The van der Waals surface area contributed by atoms with E-state index in [1.54, 1.807) is 37.3 Å². The molecule has 10 nitrogen and oxygen atoms in total. The quantitative estimate of drug-likeness (QED) is 0.192. The highest BCUT2D eigenvalue weighted by Gasteiger charge is 2.37. The first-order valence-electron chi connectivity index (χ1n) is 11.6. The summed E-state index contributed by atoms with van der Waals surface area (Å²) >= 11 is 0. The molecular weight excluding hydrogens is 481 g/mol. The van der Waals surface area contributed by atoms with Crippen molar-refractivity contribution in [2.24, 2.45) is 16.5 Å². The number of ether oxygens (including phenoxy) is 2. The van der Waals surface area contributed by atoms with Crippen LogP contribution < -0.4 is 25.8 Å². The van der Waals surface area contributed by atoms with E-state index in [9.17, 15) is 14.9 Å². The van der Waals surface area contributed by atoms with Crippen molar-refractivity contribution in [3.8, 4) is 17.2 Å². The van der Waals surface area contributed by atoms with Crippen LogP contribution in [-0.2, 0) is 17.8 Å². The number of rotatable bonds is 9. The Morgan fingerprint density at radius 3 is 2.59 bits per heavy atom. The van der Waals surface area contributed by atoms with Crippen LogP contribution in [0.4, 0.5) is 15.8 Å². The van der Waals surface area contributed by atoms with E-state index in [2.05, 4.69) is 4.99 Å². The predicted octanol–water partition coefficient (Wildman–Crippen LogP) is 4.05. The van der Waals surface area contributed by atoms with E-state index in [1.807, 2.05) is 0 Å². The highest BCUT2D eigenvalue weighted by Crippen LogP contribution is 2.46. The third-order valence-corrected chi connectivity index (χ3v) is 5.80. The molecule has 0 bridgehead atoms. The molecule has 0 saturated heterocycles. The Hall–Kier alpha value is -4.67. The van der Waals surface area contributed by atoms with Crippen LogP contribution >= 0.6 is 0 Å². The predicted molar refractivity (Wildman–Crippen MR) is 136 cm³/mol. The van der Waals surface area contributed by atoms with Gasteiger partial charge in [0, 0.05) is 18.7 Å². The zero-order valence-electron chi connectivity index (χ0n) is 20.1. The summed E-state index contributed by atoms with van der Waals surface area (Å²) in [5, 5.41) is 11.2. The zero-order valence-corrected chi connectivity index (χ0v) is 20.1. The van der Waals surface area contributed by atoms with E-state index >= 15 is 4.39 Å². The van der Waals surface area contributed by atoms with Crippen molar-refractivity contribution in [1.29, 1.82) is 0 Å². The van der Waals surface area contributed by atoms with Gasteiger partial charge in [-0.3, -0.25) is 24.8 Å². The average Bonchev–Trinajstić information content (AvgIpc) is 2.88. The van der Waals surface area contributed by atoms with Gasteiger partial charge < -0.3 is 20.9 Å². The van der Waals surface area contributed by atoms with Crippen molar-refractivity contribution in [1.82, 2.24) is 0 Å². The summed E-state index contributed by atoms with van der Waals surface area (Å²) in [5.41, 5.74) is 12.2. The number of fused-ring (bicyclic) bond motifs is 1. The number of hydrogen-bond donors (Lipinski definition) is 2. The SMILES string of the molecule is CCC1Oc2ccc(F)c(Oc3ccc(CCN=C(N)N)cc3)c2N(Cc2cccc([N+](=O)[O-])c2)C1=O. The Balaban J connectivity index is 1.68. The second kappa shape index (κ2) is 10.9. The largest absolute Gasteiger partial charge is 0.478 e. The summed E-state index contributed by atoms with van der Waals surface area (Å²) in [6.07, 6.45) is 0.206. The number of carbonyl (C=O) groups excluding carboxylic acids is 1. The van der Waals surface area contributed by atoms with Crippen molar-refractivity contribution in [3.63, 3.8) is 0 Å². The number of carbonyl (C=O) groups is 1. The lowest BCUT2D eigenvalue weighted by Gasteiger charge is -2.35. The van der Waals surface area contributed by atoms with Gasteiger partial charge in [0.05, 0.1) is 11.5 Å². The molecule has 0 saturated carbocycles. The van der Waals surface area contributed by atoms with Crippen LogP contribution in [0.1, 0.15) is 24.5 Å². The number of hydrogen-bond acceptors (Lipinski definition) is 6. The van der Waals surface area contributed by atoms with Crippen molar-refractivity contribution in [2.45, 2.75) is 32.4 Å². The molecule has 4 N–H and O–H groups in total. The number of aliphatic imine (C=N–C) groups is 1. The summed E-state index contributed by atoms with van der Waals surface area (Å²) in [4.78, 5) is 29.3. The van der Waals surface area contributed by atoms with Gasteiger partial charge in [-0.25, -0.2) is 4.39 Å². The normalized spacial score (nSPS) is 14.5. The fourth-order valence-electron chi connectivity index (χ4n) is 3.99. The topological polar surface area (TPSA) is 146 Å². The van der Waals surface area contributed by atoms with Gasteiger partial charge in [0.1, 0.15) is 17.2 Å².